The molecule has 1 unspecified atom stereocenters. The molecule has 2 aliphatic heterocycles. The number of likely N-dealkylation sites (tertiary alicyclic amines) is 2. The molecule has 6 heteroatoms. The van der Waals surface area contributed by atoms with E-state index in [2.05, 4.69) is 4.90 Å². The number of phenols is 1. The number of hydrogen-bond donors (Lipinski definition) is 2. The van der Waals surface area contributed by atoms with Gasteiger partial charge in [-0.1, -0.05) is 6.07 Å². The fourth-order valence-corrected chi connectivity index (χ4v) is 3.93. The molecule has 3 rings (SSSR count). The molecular weight excluding hydrogens is 318 g/mol. The van der Waals surface area contributed by atoms with Crippen molar-refractivity contribution in [3.8, 4) is 11.8 Å². The maximum Gasteiger partial charge on any atom is 0.251 e. The van der Waals surface area contributed by atoms with Crippen molar-refractivity contribution in [2.75, 3.05) is 26.2 Å². The summed E-state index contributed by atoms with van der Waals surface area (Å²) in [5.74, 6) is 0.950. The zero-order valence-corrected chi connectivity index (χ0v) is 14.6. The molecule has 0 aliphatic carbocycles. The summed E-state index contributed by atoms with van der Waals surface area (Å²) in [5.41, 5.74) is 1.34. The number of hydrogen-bond acceptors (Lipinski definition) is 5. The quantitative estimate of drug-likeness (QED) is 0.861. The highest BCUT2D eigenvalue weighted by Crippen LogP contribution is 2.32. The average molecular weight is 343 g/mol. The number of amides is 1. The molecule has 0 aromatic heterocycles. The van der Waals surface area contributed by atoms with E-state index in [9.17, 15) is 15.0 Å². The van der Waals surface area contributed by atoms with Crippen LogP contribution >= 0.6 is 0 Å². The number of phenolic OH excluding ortho intramolecular Hbond substituents is 1. The zero-order chi connectivity index (χ0) is 18.0. The first kappa shape index (κ1) is 17.7. The largest absolute Gasteiger partial charge is 0.507 e. The molecule has 1 amide bonds. The van der Waals surface area contributed by atoms with Gasteiger partial charge in [0.25, 0.3) is 5.91 Å². The molecule has 0 spiro atoms. The molecule has 2 N–H and O–H groups in total. The van der Waals surface area contributed by atoms with Gasteiger partial charge in [-0.05, 0) is 49.3 Å². The van der Waals surface area contributed by atoms with Crippen molar-refractivity contribution in [3.05, 3.63) is 29.3 Å². The summed E-state index contributed by atoms with van der Waals surface area (Å²) in [6.45, 7) is 5.79. The summed E-state index contributed by atoms with van der Waals surface area (Å²) in [4.78, 5) is 16.1. The van der Waals surface area contributed by atoms with Gasteiger partial charge in [0.05, 0.1) is 5.56 Å². The molecule has 2 fully saturated rings. The van der Waals surface area contributed by atoms with Gasteiger partial charge in [-0.15, -0.1) is 0 Å². The van der Waals surface area contributed by atoms with Crippen molar-refractivity contribution < 1.29 is 15.0 Å². The molecular formula is C19H25N3O3. The number of rotatable bonds is 4. The van der Waals surface area contributed by atoms with Crippen LogP contribution in [0.4, 0.5) is 0 Å². The van der Waals surface area contributed by atoms with Crippen LogP contribution in [0.5, 0.6) is 5.75 Å². The standard InChI is InChI=1S/C19H25N3O3/c1-13(23)19(25)22-6-2-3-15(12-22)17-10-21(11-17)9-14-4-5-18(24)16(7-14)8-20/h4-5,7,13,15,17,23-24H,2-3,6,9-12H2,1H3/t13-,15?/m1/s1. The summed E-state index contributed by atoms with van der Waals surface area (Å²) in [5, 5.41) is 28.1. The molecule has 6 nitrogen and oxygen atoms in total. The van der Waals surface area contributed by atoms with E-state index in [0.29, 0.717) is 17.4 Å². The highest BCUT2D eigenvalue weighted by atomic mass is 16.3. The van der Waals surface area contributed by atoms with Crippen LogP contribution in [0.2, 0.25) is 0 Å². The fourth-order valence-electron chi connectivity index (χ4n) is 3.93. The van der Waals surface area contributed by atoms with Crippen LogP contribution in [0.3, 0.4) is 0 Å². The van der Waals surface area contributed by atoms with Crippen molar-refractivity contribution in [1.82, 2.24) is 9.80 Å². The lowest BCUT2D eigenvalue weighted by Crippen LogP contribution is -2.54. The normalized spacial score (nSPS) is 22.9. The SMILES string of the molecule is C[C@@H](O)C(=O)N1CCCC(C2CN(Cc3ccc(O)c(C#N)c3)C2)C1. The highest BCUT2D eigenvalue weighted by Gasteiger charge is 2.37. The number of aliphatic hydroxyl groups is 1. The van der Waals surface area contributed by atoms with Gasteiger partial charge in [0.2, 0.25) is 0 Å². The first-order valence-electron chi connectivity index (χ1n) is 8.89. The van der Waals surface area contributed by atoms with E-state index in [1.807, 2.05) is 12.1 Å². The van der Waals surface area contributed by atoms with Crippen molar-refractivity contribution in [1.29, 1.82) is 5.26 Å². The third-order valence-corrected chi connectivity index (χ3v) is 5.37. The number of nitrogens with zero attached hydrogens (tertiary/aromatic N) is 3. The van der Waals surface area contributed by atoms with E-state index >= 15 is 0 Å². The number of nitriles is 1. The topological polar surface area (TPSA) is 87.8 Å². The van der Waals surface area contributed by atoms with Gasteiger partial charge in [0, 0.05) is 32.7 Å². The van der Waals surface area contributed by atoms with Gasteiger partial charge < -0.3 is 15.1 Å². The number of piperidine rings is 1. The molecule has 2 heterocycles. The summed E-state index contributed by atoms with van der Waals surface area (Å²) >= 11 is 0. The number of aliphatic hydroxyl groups excluding tert-OH is 1. The van der Waals surface area contributed by atoms with E-state index in [1.54, 1.807) is 17.0 Å². The molecule has 25 heavy (non-hydrogen) atoms. The minimum Gasteiger partial charge on any atom is -0.507 e. The van der Waals surface area contributed by atoms with Crippen LogP contribution in [0, 0.1) is 23.2 Å². The third-order valence-electron chi connectivity index (χ3n) is 5.37. The Kier molecular flexibility index (Phi) is 5.26. The van der Waals surface area contributed by atoms with E-state index in [1.165, 1.54) is 6.92 Å². The summed E-state index contributed by atoms with van der Waals surface area (Å²) in [6, 6.07) is 7.18. The first-order chi connectivity index (χ1) is 12.0. The van der Waals surface area contributed by atoms with Gasteiger partial charge in [-0.2, -0.15) is 5.26 Å². The summed E-state index contributed by atoms with van der Waals surface area (Å²) < 4.78 is 0. The molecule has 0 saturated carbocycles. The van der Waals surface area contributed by atoms with Crippen molar-refractivity contribution in [2.45, 2.75) is 32.4 Å². The molecule has 134 valence electrons. The van der Waals surface area contributed by atoms with E-state index < -0.39 is 6.10 Å². The van der Waals surface area contributed by atoms with Crippen molar-refractivity contribution >= 4 is 5.91 Å². The van der Waals surface area contributed by atoms with E-state index in [-0.39, 0.29) is 11.7 Å². The Labute approximate surface area is 148 Å². The molecule has 2 aliphatic rings. The monoisotopic (exact) mass is 343 g/mol. The van der Waals surface area contributed by atoms with Crippen molar-refractivity contribution in [2.24, 2.45) is 11.8 Å². The lowest BCUT2D eigenvalue weighted by atomic mass is 9.80. The van der Waals surface area contributed by atoms with Crippen LogP contribution in [-0.4, -0.2) is 58.2 Å². The second kappa shape index (κ2) is 7.42. The van der Waals surface area contributed by atoms with Crippen molar-refractivity contribution in [3.63, 3.8) is 0 Å². The number of carbonyl (C=O) groups excluding carboxylic acids is 1. The predicted molar refractivity (Wildman–Crippen MR) is 92.6 cm³/mol. The van der Waals surface area contributed by atoms with Crippen LogP contribution in [-0.2, 0) is 11.3 Å². The second-order valence-electron chi connectivity index (χ2n) is 7.28. The summed E-state index contributed by atoms with van der Waals surface area (Å²) in [7, 11) is 0. The lowest BCUT2D eigenvalue weighted by Gasteiger charge is -2.46. The third kappa shape index (κ3) is 3.94. The number of benzene rings is 1. The summed E-state index contributed by atoms with van der Waals surface area (Å²) in [6.07, 6.45) is 1.23. The Morgan fingerprint density at radius 2 is 2.12 bits per heavy atom. The lowest BCUT2D eigenvalue weighted by molar-refractivity contribution is -0.142. The predicted octanol–water partition coefficient (Wildman–Crippen LogP) is 1.32. The molecule has 0 bridgehead atoms. The number of aromatic hydroxyl groups is 1. The minimum atomic E-state index is -0.916. The molecule has 2 atom stereocenters. The average Bonchev–Trinajstić information content (AvgIpc) is 2.58. The molecule has 0 radical (unpaired) electrons. The Morgan fingerprint density at radius 3 is 2.80 bits per heavy atom. The van der Waals surface area contributed by atoms with E-state index in [0.717, 1.165) is 51.1 Å². The molecule has 1 aromatic rings. The van der Waals surface area contributed by atoms with Crippen LogP contribution < -0.4 is 0 Å². The van der Waals surface area contributed by atoms with Gasteiger partial charge in [-0.3, -0.25) is 9.69 Å². The van der Waals surface area contributed by atoms with Crippen LogP contribution in [0.1, 0.15) is 30.9 Å². The smallest absolute Gasteiger partial charge is 0.251 e. The van der Waals surface area contributed by atoms with Gasteiger partial charge in [-0.25, -0.2) is 0 Å². The Hall–Kier alpha value is -2.10. The Morgan fingerprint density at radius 1 is 1.36 bits per heavy atom. The Bertz CT molecular complexity index is 677. The van der Waals surface area contributed by atoms with Crippen LogP contribution in [0.15, 0.2) is 18.2 Å². The van der Waals surface area contributed by atoms with Gasteiger partial charge in [0.15, 0.2) is 0 Å². The maximum absolute atomic E-state index is 12.0. The van der Waals surface area contributed by atoms with E-state index in [4.69, 9.17) is 5.26 Å². The minimum absolute atomic E-state index is 0.0258. The van der Waals surface area contributed by atoms with Gasteiger partial charge >= 0.3 is 0 Å². The van der Waals surface area contributed by atoms with Crippen LogP contribution in [0.25, 0.3) is 0 Å². The second-order valence-corrected chi connectivity index (χ2v) is 7.28. The Balaban J connectivity index is 1.51. The highest BCUT2D eigenvalue weighted by molar-refractivity contribution is 5.80. The van der Waals surface area contributed by atoms with Gasteiger partial charge in [0.1, 0.15) is 17.9 Å². The fraction of sp³-hybridized carbons (Fsp3) is 0.579. The zero-order valence-electron chi connectivity index (χ0n) is 14.6. The maximum atomic E-state index is 12.0. The molecule has 1 aromatic carbocycles. The number of carbonyl (C=O) groups is 1. The first-order valence-corrected chi connectivity index (χ1v) is 8.89. The molecule has 2 saturated heterocycles.